The Balaban J connectivity index is 1.32. The molecule has 1 amide bonds. The van der Waals surface area contributed by atoms with E-state index in [2.05, 4.69) is 15.4 Å². The number of hydrogen-bond acceptors (Lipinski definition) is 5. The maximum atomic E-state index is 12.2. The average Bonchev–Trinajstić information content (AvgIpc) is 3.38. The highest BCUT2D eigenvalue weighted by atomic mass is 35.5. The van der Waals surface area contributed by atoms with Crippen LogP contribution in [0.4, 0.5) is 5.69 Å². The second-order valence-corrected chi connectivity index (χ2v) is 7.79. The summed E-state index contributed by atoms with van der Waals surface area (Å²) in [6.07, 6.45) is 8.23. The maximum Gasteiger partial charge on any atom is 0.306 e. The molecule has 0 unspecified atom stereocenters. The van der Waals surface area contributed by atoms with E-state index in [0.29, 0.717) is 34.7 Å². The second-order valence-electron chi connectivity index (χ2n) is 7.35. The number of fused-ring (bicyclic) bond motifs is 2. The highest BCUT2D eigenvalue weighted by molar-refractivity contribution is 6.31. The van der Waals surface area contributed by atoms with Crippen molar-refractivity contribution in [3.63, 3.8) is 0 Å². The fourth-order valence-electron chi connectivity index (χ4n) is 4.37. The van der Waals surface area contributed by atoms with Gasteiger partial charge in [-0.15, -0.1) is 0 Å². The summed E-state index contributed by atoms with van der Waals surface area (Å²) in [7, 11) is 0. The van der Waals surface area contributed by atoms with E-state index >= 15 is 0 Å². The molecule has 2 aliphatic rings. The van der Waals surface area contributed by atoms with Crippen LogP contribution in [0.2, 0.25) is 5.02 Å². The molecule has 1 aromatic carbocycles. The van der Waals surface area contributed by atoms with Gasteiger partial charge in [0, 0.05) is 11.4 Å². The van der Waals surface area contributed by atoms with E-state index in [1.807, 2.05) is 0 Å². The first-order valence-electron chi connectivity index (χ1n) is 9.18. The number of amides is 1. The van der Waals surface area contributed by atoms with E-state index in [1.165, 1.54) is 36.6 Å². The zero-order chi connectivity index (χ0) is 18.8. The van der Waals surface area contributed by atoms with Crippen molar-refractivity contribution in [3.8, 4) is 5.69 Å². The molecule has 27 heavy (non-hydrogen) atoms. The SMILES string of the molecule is O=C(COC(=O)C[C@@H]1C[C@H]2CC[C@@H]1C2)Nc1cc(Cl)ccc1-n1cncn1. The van der Waals surface area contributed by atoms with E-state index < -0.39 is 5.91 Å². The fraction of sp³-hybridized carbons (Fsp3) is 0.474. The van der Waals surface area contributed by atoms with E-state index in [0.717, 1.165) is 12.3 Å². The lowest BCUT2D eigenvalue weighted by Crippen LogP contribution is -2.23. The number of halogens is 1. The topological polar surface area (TPSA) is 86.1 Å². The lowest BCUT2D eigenvalue weighted by molar-refractivity contribution is -0.148. The Morgan fingerprint density at radius 2 is 2.19 bits per heavy atom. The summed E-state index contributed by atoms with van der Waals surface area (Å²) in [4.78, 5) is 28.2. The first kappa shape index (κ1) is 18.0. The highest BCUT2D eigenvalue weighted by Crippen LogP contribution is 2.49. The van der Waals surface area contributed by atoms with Crippen molar-refractivity contribution in [2.24, 2.45) is 17.8 Å². The largest absolute Gasteiger partial charge is 0.456 e. The Morgan fingerprint density at radius 3 is 2.89 bits per heavy atom. The van der Waals surface area contributed by atoms with Crippen molar-refractivity contribution in [1.29, 1.82) is 0 Å². The number of anilines is 1. The standard InChI is InChI=1S/C19H21ClN4O3/c20-15-3-4-17(24-11-21-10-22-24)16(8-15)23-18(25)9-27-19(26)7-14-6-12-1-2-13(14)5-12/h3-4,8,10-14H,1-2,5-7,9H2,(H,23,25)/t12-,13+,14-/m0/s1. The van der Waals surface area contributed by atoms with Crippen LogP contribution in [0.15, 0.2) is 30.9 Å². The molecular weight excluding hydrogens is 368 g/mol. The van der Waals surface area contributed by atoms with Gasteiger partial charge in [-0.25, -0.2) is 9.67 Å². The number of aromatic nitrogens is 3. The molecule has 2 fully saturated rings. The fourth-order valence-corrected chi connectivity index (χ4v) is 4.54. The molecule has 2 aliphatic carbocycles. The van der Waals surface area contributed by atoms with Crippen LogP contribution in [-0.4, -0.2) is 33.2 Å². The molecule has 2 bridgehead atoms. The quantitative estimate of drug-likeness (QED) is 0.768. The third-order valence-corrected chi connectivity index (χ3v) is 5.81. The summed E-state index contributed by atoms with van der Waals surface area (Å²) in [6, 6.07) is 5.05. The van der Waals surface area contributed by atoms with Crippen LogP contribution in [0.3, 0.4) is 0 Å². The van der Waals surface area contributed by atoms with Crippen molar-refractivity contribution in [1.82, 2.24) is 14.8 Å². The summed E-state index contributed by atoms with van der Waals surface area (Å²) < 4.78 is 6.71. The predicted molar refractivity (Wildman–Crippen MR) is 99.5 cm³/mol. The van der Waals surface area contributed by atoms with Gasteiger partial charge in [-0.3, -0.25) is 9.59 Å². The number of hydrogen-bond donors (Lipinski definition) is 1. The van der Waals surface area contributed by atoms with Gasteiger partial charge in [0.1, 0.15) is 12.7 Å². The van der Waals surface area contributed by atoms with Gasteiger partial charge in [0.2, 0.25) is 0 Å². The number of ether oxygens (including phenoxy) is 1. The monoisotopic (exact) mass is 388 g/mol. The first-order valence-corrected chi connectivity index (χ1v) is 9.56. The Labute approximate surface area is 162 Å². The molecule has 7 nitrogen and oxygen atoms in total. The molecule has 8 heteroatoms. The molecule has 3 atom stereocenters. The Morgan fingerprint density at radius 1 is 1.30 bits per heavy atom. The van der Waals surface area contributed by atoms with Gasteiger partial charge in [0.25, 0.3) is 5.91 Å². The minimum Gasteiger partial charge on any atom is -0.456 e. The first-order chi connectivity index (χ1) is 13.1. The number of carbonyl (C=O) groups is 2. The third kappa shape index (κ3) is 4.13. The van der Waals surface area contributed by atoms with Crippen LogP contribution in [0.5, 0.6) is 0 Å². The smallest absolute Gasteiger partial charge is 0.306 e. The van der Waals surface area contributed by atoms with Crippen LogP contribution in [0.1, 0.15) is 32.1 Å². The third-order valence-electron chi connectivity index (χ3n) is 5.58. The summed E-state index contributed by atoms with van der Waals surface area (Å²) in [5.41, 5.74) is 1.10. The van der Waals surface area contributed by atoms with Crippen molar-refractivity contribution < 1.29 is 14.3 Å². The van der Waals surface area contributed by atoms with Crippen LogP contribution in [0, 0.1) is 17.8 Å². The van der Waals surface area contributed by atoms with Crippen molar-refractivity contribution in [2.45, 2.75) is 32.1 Å². The molecular formula is C19H21ClN4O3. The van der Waals surface area contributed by atoms with E-state index in [-0.39, 0.29) is 12.6 Å². The zero-order valence-corrected chi connectivity index (χ0v) is 15.6. The van der Waals surface area contributed by atoms with E-state index in [9.17, 15) is 9.59 Å². The second kappa shape index (κ2) is 7.68. The molecule has 0 radical (unpaired) electrons. The predicted octanol–water partition coefficient (Wildman–Crippen LogP) is 3.23. The number of nitrogens with zero attached hydrogens (tertiary/aromatic N) is 3. The molecule has 0 spiro atoms. The molecule has 1 N–H and O–H groups in total. The van der Waals surface area contributed by atoms with Gasteiger partial charge in [-0.1, -0.05) is 18.0 Å². The molecule has 2 saturated carbocycles. The molecule has 1 heterocycles. The van der Waals surface area contributed by atoms with Crippen molar-refractivity contribution in [3.05, 3.63) is 35.9 Å². The van der Waals surface area contributed by atoms with Crippen LogP contribution in [0.25, 0.3) is 5.69 Å². The lowest BCUT2D eigenvalue weighted by atomic mass is 9.86. The minimum absolute atomic E-state index is 0.301. The Hall–Kier alpha value is -2.41. The van der Waals surface area contributed by atoms with Gasteiger partial charge >= 0.3 is 5.97 Å². The van der Waals surface area contributed by atoms with Crippen LogP contribution >= 0.6 is 11.6 Å². The number of esters is 1. The van der Waals surface area contributed by atoms with Gasteiger partial charge in [0.15, 0.2) is 6.61 Å². The maximum absolute atomic E-state index is 12.2. The minimum atomic E-state index is -0.417. The zero-order valence-electron chi connectivity index (χ0n) is 14.8. The van der Waals surface area contributed by atoms with Crippen LogP contribution in [-0.2, 0) is 14.3 Å². The Kier molecular flexibility index (Phi) is 5.11. The van der Waals surface area contributed by atoms with Crippen LogP contribution < -0.4 is 5.32 Å². The van der Waals surface area contributed by atoms with E-state index in [4.69, 9.17) is 16.3 Å². The molecule has 2 aromatic rings. The number of nitrogens with one attached hydrogen (secondary N) is 1. The normalized spacial score (nSPS) is 23.4. The summed E-state index contributed by atoms with van der Waals surface area (Å²) in [5.74, 6) is 1.15. The Bertz CT molecular complexity index is 839. The number of carbonyl (C=O) groups excluding carboxylic acids is 2. The highest BCUT2D eigenvalue weighted by Gasteiger charge is 2.40. The summed E-state index contributed by atoms with van der Waals surface area (Å²) >= 11 is 6.03. The van der Waals surface area contributed by atoms with Crippen molar-refractivity contribution in [2.75, 3.05) is 11.9 Å². The molecule has 1 aromatic heterocycles. The van der Waals surface area contributed by atoms with Gasteiger partial charge in [-0.05, 0) is 55.2 Å². The molecule has 142 valence electrons. The molecule has 0 aliphatic heterocycles. The van der Waals surface area contributed by atoms with E-state index in [1.54, 1.807) is 18.2 Å². The lowest BCUT2D eigenvalue weighted by Gasteiger charge is -2.20. The number of rotatable bonds is 6. The molecule has 4 rings (SSSR count). The average molecular weight is 389 g/mol. The molecule has 0 saturated heterocycles. The van der Waals surface area contributed by atoms with Gasteiger partial charge in [0.05, 0.1) is 11.4 Å². The number of benzene rings is 1. The van der Waals surface area contributed by atoms with Gasteiger partial charge in [-0.2, -0.15) is 5.10 Å². The van der Waals surface area contributed by atoms with Crippen molar-refractivity contribution >= 4 is 29.2 Å². The summed E-state index contributed by atoms with van der Waals surface area (Å²) in [6.45, 7) is -0.317. The summed E-state index contributed by atoms with van der Waals surface area (Å²) in [5, 5.41) is 7.26. The van der Waals surface area contributed by atoms with Gasteiger partial charge < -0.3 is 10.1 Å².